The van der Waals surface area contributed by atoms with Gasteiger partial charge in [-0.1, -0.05) is 35.9 Å². The van der Waals surface area contributed by atoms with Crippen molar-refractivity contribution in [3.05, 3.63) is 58.9 Å². The van der Waals surface area contributed by atoms with Crippen molar-refractivity contribution < 1.29 is 13.9 Å². The molecule has 2 aromatic carbocycles. The summed E-state index contributed by atoms with van der Waals surface area (Å²) in [5, 5.41) is 0.00899. The molecule has 0 saturated carbocycles. The number of hydrogen-bond acceptors (Lipinski definition) is 3. The molecule has 2 nitrogen and oxygen atoms in total. The lowest BCUT2D eigenvalue weighted by molar-refractivity contribution is -0.124. The summed E-state index contributed by atoms with van der Waals surface area (Å²) in [4.78, 5) is 13.4. The molecular weight excluding hydrogens is 311 g/mol. The average molecular weight is 323 g/mol. The Hall–Kier alpha value is -1.52. The third-order valence-electron chi connectivity index (χ3n) is 3.26. The van der Waals surface area contributed by atoms with Gasteiger partial charge in [-0.3, -0.25) is 4.79 Å². The van der Waals surface area contributed by atoms with Crippen LogP contribution in [0.4, 0.5) is 4.39 Å². The predicted molar refractivity (Wildman–Crippen MR) is 81.7 cm³/mol. The second kappa shape index (κ2) is 6.08. The Morgan fingerprint density at radius 3 is 2.95 bits per heavy atom. The van der Waals surface area contributed by atoms with Crippen LogP contribution in [0.1, 0.15) is 5.56 Å². The molecule has 0 aliphatic carbocycles. The maximum Gasteiger partial charge on any atom is 0.178 e. The molecule has 0 aromatic heterocycles. The molecule has 108 valence electrons. The summed E-state index contributed by atoms with van der Waals surface area (Å²) < 4.78 is 19.1. The lowest BCUT2D eigenvalue weighted by Gasteiger charge is -2.24. The molecular formula is C16H12ClFO2S. The first-order valence-corrected chi connectivity index (χ1v) is 7.85. The van der Waals surface area contributed by atoms with E-state index in [9.17, 15) is 9.18 Å². The largest absolute Gasteiger partial charge is 0.481 e. The molecule has 0 bridgehead atoms. The number of ether oxygens (including phenoxy) is 1. The first-order chi connectivity index (χ1) is 10.1. The first-order valence-electron chi connectivity index (χ1n) is 6.49. The van der Waals surface area contributed by atoms with Crippen LogP contribution < -0.4 is 4.74 Å². The number of hydrogen-bond donors (Lipinski definition) is 0. The number of ketones is 1. The highest BCUT2D eigenvalue weighted by Crippen LogP contribution is 2.35. The van der Waals surface area contributed by atoms with Crippen LogP contribution in [0, 0.1) is 5.82 Å². The monoisotopic (exact) mass is 322 g/mol. The first kappa shape index (κ1) is 14.4. The molecule has 2 aromatic rings. The van der Waals surface area contributed by atoms with Crippen molar-refractivity contribution in [2.45, 2.75) is 17.4 Å². The highest BCUT2D eigenvalue weighted by Gasteiger charge is 2.27. The predicted octanol–water partition coefficient (Wildman–Crippen LogP) is 4.14. The smallest absolute Gasteiger partial charge is 0.178 e. The number of carbonyl (C=O) groups excluding carboxylic acids is 1. The van der Waals surface area contributed by atoms with Crippen molar-refractivity contribution in [3.8, 4) is 5.75 Å². The van der Waals surface area contributed by atoms with E-state index in [1.807, 2.05) is 24.3 Å². The highest BCUT2D eigenvalue weighted by atomic mass is 35.5. The van der Waals surface area contributed by atoms with E-state index in [1.165, 1.54) is 6.07 Å². The molecule has 1 unspecified atom stereocenters. The minimum Gasteiger partial charge on any atom is -0.481 e. The van der Waals surface area contributed by atoms with Crippen molar-refractivity contribution in [2.75, 3.05) is 5.75 Å². The normalized spacial score (nSPS) is 17.0. The van der Waals surface area contributed by atoms with Crippen LogP contribution in [-0.4, -0.2) is 17.6 Å². The summed E-state index contributed by atoms with van der Waals surface area (Å²) in [5.41, 5.74) is 0.495. The van der Waals surface area contributed by atoms with Crippen LogP contribution in [-0.2, 0) is 11.2 Å². The Morgan fingerprint density at radius 1 is 1.29 bits per heavy atom. The van der Waals surface area contributed by atoms with Crippen LogP contribution in [0.3, 0.4) is 0 Å². The number of Topliss-reactive ketones (excluding diaryl/α,β-unsaturated/α-hetero) is 1. The average Bonchev–Trinajstić information content (AvgIpc) is 2.51. The molecule has 1 heterocycles. The van der Waals surface area contributed by atoms with Gasteiger partial charge in [0, 0.05) is 17.1 Å². The molecule has 0 saturated heterocycles. The zero-order valence-electron chi connectivity index (χ0n) is 11.0. The number of fused-ring (bicyclic) bond motifs is 1. The summed E-state index contributed by atoms with van der Waals surface area (Å²) in [6, 6.07) is 12.1. The molecule has 3 rings (SSSR count). The molecule has 0 fully saturated rings. The van der Waals surface area contributed by atoms with Crippen molar-refractivity contribution in [2.24, 2.45) is 0 Å². The van der Waals surface area contributed by atoms with Crippen LogP contribution in [0.25, 0.3) is 0 Å². The van der Waals surface area contributed by atoms with Gasteiger partial charge in [0.15, 0.2) is 11.9 Å². The summed E-state index contributed by atoms with van der Waals surface area (Å²) in [6.07, 6.45) is -0.450. The minimum absolute atomic E-state index is 0.00899. The van der Waals surface area contributed by atoms with Crippen LogP contribution in [0.5, 0.6) is 5.75 Å². The van der Waals surface area contributed by atoms with Gasteiger partial charge in [-0.25, -0.2) is 4.39 Å². The van der Waals surface area contributed by atoms with E-state index in [1.54, 1.807) is 23.9 Å². The fourth-order valence-electron chi connectivity index (χ4n) is 2.16. The van der Waals surface area contributed by atoms with Crippen molar-refractivity contribution in [1.29, 1.82) is 0 Å². The number of benzene rings is 2. The Morgan fingerprint density at radius 2 is 2.10 bits per heavy atom. The fourth-order valence-corrected chi connectivity index (χ4v) is 3.38. The minimum atomic E-state index is -0.524. The van der Waals surface area contributed by atoms with Crippen molar-refractivity contribution in [1.82, 2.24) is 0 Å². The van der Waals surface area contributed by atoms with Gasteiger partial charge in [0.2, 0.25) is 0 Å². The molecule has 1 aliphatic heterocycles. The SMILES string of the molecule is O=C(Cc1cccc(F)c1Cl)C1CSc2ccccc2O1. The summed E-state index contributed by atoms with van der Waals surface area (Å²) >= 11 is 7.47. The lowest BCUT2D eigenvalue weighted by atomic mass is 10.1. The molecule has 0 radical (unpaired) electrons. The summed E-state index contributed by atoms with van der Waals surface area (Å²) in [7, 11) is 0. The van der Waals surface area contributed by atoms with Gasteiger partial charge in [0.05, 0.1) is 5.02 Å². The molecule has 0 N–H and O–H groups in total. The van der Waals surface area contributed by atoms with Gasteiger partial charge in [-0.05, 0) is 23.8 Å². The van der Waals surface area contributed by atoms with Crippen LogP contribution >= 0.6 is 23.4 Å². The van der Waals surface area contributed by atoms with E-state index >= 15 is 0 Å². The number of carbonyl (C=O) groups is 1. The number of halogens is 2. The van der Waals surface area contributed by atoms with E-state index in [4.69, 9.17) is 16.3 Å². The van der Waals surface area contributed by atoms with Crippen LogP contribution in [0.2, 0.25) is 5.02 Å². The second-order valence-electron chi connectivity index (χ2n) is 4.72. The van der Waals surface area contributed by atoms with Crippen molar-refractivity contribution >= 4 is 29.1 Å². The fraction of sp³-hybridized carbons (Fsp3) is 0.188. The van der Waals surface area contributed by atoms with E-state index < -0.39 is 11.9 Å². The Balaban J connectivity index is 1.74. The third-order valence-corrected chi connectivity index (χ3v) is 4.80. The zero-order valence-corrected chi connectivity index (χ0v) is 12.6. The highest BCUT2D eigenvalue weighted by molar-refractivity contribution is 7.99. The quantitative estimate of drug-likeness (QED) is 0.849. The Bertz CT molecular complexity index is 690. The van der Waals surface area contributed by atoms with E-state index in [0.717, 1.165) is 10.6 Å². The van der Waals surface area contributed by atoms with E-state index in [2.05, 4.69) is 0 Å². The second-order valence-corrected chi connectivity index (χ2v) is 6.16. The van der Waals surface area contributed by atoms with E-state index in [0.29, 0.717) is 11.3 Å². The summed E-state index contributed by atoms with van der Waals surface area (Å²) in [5.74, 6) is 0.677. The lowest BCUT2D eigenvalue weighted by Crippen LogP contribution is -2.33. The number of para-hydroxylation sites is 1. The molecule has 0 spiro atoms. The Kier molecular flexibility index (Phi) is 4.17. The molecule has 5 heteroatoms. The topological polar surface area (TPSA) is 26.3 Å². The standard InChI is InChI=1S/C16H12ClFO2S/c17-16-10(4-3-5-11(16)18)8-12(19)14-9-21-15-7-2-1-6-13(15)20-14/h1-7,14H,8-9H2. The molecule has 1 atom stereocenters. The van der Waals surface area contributed by atoms with Gasteiger partial charge < -0.3 is 4.74 Å². The van der Waals surface area contributed by atoms with Gasteiger partial charge in [0.25, 0.3) is 0 Å². The van der Waals surface area contributed by atoms with Gasteiger partial charge >= 0.3 is 0 Å². The van der Waals surface area contributed by atoms with Crippen molar-refractivity contribution in [3.63, 3.8) is 0 Å². The Labute approximate surface area is 131 Å². The van der Waals surface area contributed by atoms with Gasteiger partial charge in [-0.2, -0.15) is 0 Å². The van der Waals surface area contributed by atoms with Crippen LogP contribution in [0.15, 0.2) is 47.4 Å². The van der Waals surface area contributed by atoms with Gasteiger partial charge in [0.1, 0.15) is 11.6 Å². The maximum atomic E-state index is 13.4. The van der Waals surface area contributed by atoms with E-state index in [-0.39, 0.29) is 17.2 Å². The molecule has 21 heavy (non-hydrogen) atoms. The zero-order chi connectivity index (χ0) is 14.8. The maximum absolute atomic E-state index is 13.4. The number of rotatable bonds is 3. The molecule has 1 aliphatic rings. The van der Waals surface area contributed by atoms with Gasteiger partial charge in [-0.15, -0.1) is 11.8 Å². The molecule has 0 amide bonds. The third kappa shape index (κ3) is 3.06. The number of thioether (sulfide) groups is 1. The summed E-state index contributed by atoms with van der Waals surface area (Å²) in [6.45, 7) is 0.